The van der Waals surface area contributed by atoms with Crippen LogP contribution in [0.4, 0.5) is 18.3 Å². The first-order valence-electron chi connectivity index (χ1n) is 5.20. The van der Waals surface area contributed by atoms with Gasteiger partial charge in [0.05, 0.1) is 0 Å². The van der Waals surface area contributed by atoms with Crippen molar-refractivity contribution >= 4 is 50.1 Å². The molecule has 2 heterocycles. The summed E-state index contributed by atoms with van der Waals surface area (Å²) in [6.45, 7) is 0. The van der Waals surface area contributed by atoms with Gasteiger partial charge in [0.2, 0.25) is 9.87 Å². The van der Waals surface area contributed by atoms with Gasteiger partial charge in [-0.2, -0.15) is 22.5 Å². The molecule has 2 aromatic heterocycles. The molecule has 112 valence electrons. The van der Waals surface area contributed by atoms with E-state index in [9.17, 15) is 18.0 Å². The van der Waals surface area contributed by atoms with E-state index in [1.165, 1.54) is 7.05 Å². The molecule has 11 heteroatoms. The van der Waals surface area contributed by atoms with Gasteiger partial charge in [0, 0.05) is 23.6 Å². The Morgan fingerprint density at radius 2 is 2.05 bits per heavy atom. The largest absolute Gasteiger partial charge is 0.433 e. The second kappa shape index (κ2) is 5.85. The van der Waals surface area contributed by atoms with E-state index in [-0.39, 0.29) is 14.9 Å². The van der Waals surface area contributed by atoms with E-state index < -0.39 is 23.5 Å². The third-order valence-corrected chi connectivity index (χ3v) is 3.88. The quantitative estimate of drug-likeness (QED) is 0.771. The number of carbonyl (C=O) groups excluding carboxylic acids is 1. The van der Waals surface area contributed by atoms with Crippen LogP contribution in [0.25, 0.3) is 0 Å². The molecule has 0 aliphatic heterocycles. The first kappa shape index (κ1) is 16.1. The molecule has 0 bridgehead atoms. The van der Waals surface area contributed by atoms with E-state index in [1.54, 1.807) is 0 Å². The lowest BCUT2D eigenvalue weighted by Gasteiger charge is -2.14. The van der Waals surface area contributed by atoms with Gasteiger partial charge in [-0.05, 0) is 28.1 Å². The molecule has 2 rings (SSSR count). The number of alkyl halides is 3. The molecule has 2 aromatic rings. The van der Waals surface area contributed by atoms with Crippen LogP contribution in [0.5, 0.6) is 0 Å². The zero-order valence-electron chi connectivity index (χ0n) is 10.1. The van der Waals surface area contributed by atoms with Gasteiger partial charge < -0.3 is 0 Å². The van der Waals surface area contributed by atoms with Crippen LogP contribution in [-0.4, -0.2) is 27.3 Å². The molecule has 1 amide bonds. The number of nitrogens with zero attached hydrogens (tertiary/aromatic N) is 4. The van der Waals surface area contributed by atoms with E-state index in [0.717, 1.165) is 22.5 Å². The fourth-order valence-electron chi connectivity index (χ4n) is 1.35. The number of hydrogen-bond acceptors (Lipinski definition) is 5. The third-order valence-electron chi connectivity index (χ3n) is 2.28. The third kappa shape index (κ3) is 3.69. The van der Waals surface area contributed by atoms with Crippen LogP contribution in [-0.2, 0) is 6.18 Å². The van der Waals surface area contributed by atoms with Crippen molar-refractivity contribution in [3.63, 3.8) is 0 Å². The fraction of sp³-hybridized carbons (Fsp3) is 0.200. The van der Waals surface area contributed by atoms with Gasteiger partial charge in [-0.3, -0.25) is 9.69 Å². The van der Waals surface area contributed by atoms with Gasteiger partial charge in [0.1, 0.15) is 11.4 Å². The average Bonchev–Trinajstić information content (AvgIpc) is 2.82. The van der Waals surface area contributed by atoms with Gasteiger partial charge in [0.15, 0.2) is 0 Å². The van der Waals surface area contributed by atoms with Crippen molar-refractivity contribution in [1.82, 2.24) is 14.3 Å². The van der Waals surface area contributed by atoms with Gasteiger partial charge in [0.25, 0.3) is 5.91 Å². The van der Waals surface area contributed by atoms with Crippen molar-refractivity contribution in [1.29, 1.82) is 0 Å². The second-order valence-corrected chi connectivity index (χ2v) is 5.64. The van der Waals surface area contributed by atoms with Crippen molar-refractivity contribution in [2.24, 2.45) is 0 Å². The number of rotatable bonds is 2. The number of anilines is 1. The minimum Gasteiger partial charge on any atom is -0.285 e. The van der Waals surface area contributed by atoms with Gasteiger partial charge >= 0.3 is 6.18 Å². The summed E-state index contributed by atoms with van der Waals surface area (Å²) in [7, 11) is 1.35. The summed E-state index contributed by atoms with van der Waals surface area (Å²) >= 11 is 9.54. The Bertz CT molecular complexity index is 693. The lowest BCUT2D eigenvalue weighted by atomic mass is 10.2. The Morgan fingerprint density at radius 3 is 2.57 bits per heavy atom. The van der Waals surface area contributed by atoms with E-state index in [2.05, 4.69) is 30.3 Å². The Morgan fingerprint density at radius 1 is 1.38 bits per heavy atom. The SMILES string of the molecule is CN(C(=O)c1cc(Cl)cc(C(F)(F)F)n1)c1nc(Br)ns1. The molecule has 0 radical (unpaired) electrons. The van der Waals surface area contributed by atoms with Crippen molar-refractivity contribution in [2.45, 2.75) is 6.18 Å². The first-order valence-corrected chi connectivity index (χ1v) is 7.15. The number of pyridine rings is 1. The summed E-state index contributed by atoms with van der Waals surface area (Å²) in [6.07, 6.45) is -4.69. The van der Waals surface area contributed by atoms with Crippen LogP contribution < -0.4 is 4.90 Å². The standard InChI is InChI=1S/C10H5BrClF3N4OS/c1-19(9-17-8(11)18-21-9)7(20)5-2-4(12)3-6(16-5)10(13,14)15/h2-3H,1H3. The van der Waals surface area contributed by atoms with E-state index in [0.29, 0.717) is 6.07 Å². The molecule has 5 nitrogen and oxygen atoms in total. The normalized spacial score (nSPS) is 11.5. The second-order valence-electron chi connectivity index (χ2n) is 3.76. The number of halogens is 5. The lowest BCUT2D eigenvalue weighted by molar-refractivity contribution is -0.141. The summed E-state index contributed by atoms with van der Waals surface area (Å²) in [5.41, 5.74) is -1.66. The molecule has 0 aliphatic rings. The van der Waals surface area contributed by atoms with Crippen LogP contribution in [0, 0.1) is 0 Å². The van der Waals surface area contributed by atoms with Crippen LogP contribution in [0.3, 0.4) is 0 Å². The highest BCUT2D eigenvalue weighted by atomic mass is 79.9. The zero-order valence-corrected chi connectivity index (χ0v) is 13.3. The summed E-state index contributed by atoms with van der Waals surface area (Å²) in [5, 5.41) is -0.0188. The molecule has 0 unspecified atom stereocenters. The minimum atomic E-state index is -4.69. The lowest BCUT2D eigenvalue weighted by Crippen LogP contribution is -2.27. The highest BCUT2D eigenvalue weighted by Crippen LogP contribution is 2.30. The van der Waals surface area contributed by atoms with Crippen molar-refractivity contribution in [3.8, 4) is 0 Å². The molecule has 0 saturated carbocycles. The van der Waals surface area contributed by atoms with Gasteiger partial charge in [-0.1, -0.05) is 11.6 Å². The number of carbonyl (C=O) groups is 1. The number of aromatic nitrogens is 3. The smallest absolute Gasteiger partial charge is 0.285 e. The molecular formula is C10H5BrClF3N4OS. The highest BCUT2D eigenvalue weighted by molar-refractivity contribution is 9.10. The molecule has 0 saturated heterocycles. The summed E-state index contributed by atoms with van der Waals surface area (Å²) in [6, 6.07) is 1.71. The fourth-order valence-corrected chi connectivity index (χ4v) is 2.58. The van der Waals surface area contributed by atoms with Crippen molar-refractivity contribution in [2.75, 3.05) is 11.9 Å². The predicted octanol–water partition coefficient (Wildman–Crippen LogP) is 3.64. The Balaban J connectivity index is 2.37. The highest BCUT2D eigenvalue weighted by Gasteiger charge is 2.34. The Hall–Kier alpha value is -1.26. The Kier molecular flexibility index (Phi) is 4.49. The Labute approximate surface area is 134 Å². The maximum Gasteiger partial charge on any atom is 0.433 e. The summed E-state index contributed by atoms with van der Waals surface area (Å²) in [5.74, 6) is -0.772. The van der Waals surface area contributed by atoms with Crippen LogP contribution >= 0.6 is 39.1 Å². The molecular weight excluding hydrogens is 397 g/mol. The summed E-state index contributed by atoms with van der Waals surface area (Å²) < 4.78 is 42.1. The average molecular weight is 402 g/mol. The van der Waals surface area contributed by atoms with Crippen molar-refractivity contribution in [3.05, 3.63) is 33.3 Å². The van der Waals surface area contributed by atoms with E-state index >= 15 is 0 Å². The summed E-state index contributed by atoms with van der Waals surface area (Å²) in [4.78, 5) is 20.4. The predicted molar refractivity (Wildman–Crippen MR) is 74.6 cm³/mol. The number of hydrogen-bond donors (Lipinski definition) is 0. The van der Waals surface area contributed by atoms with Gasteiger partial charge in [-0.15, -0.1) is 0 Å². The maximum absolute atomic E-state index is 12.7. The topological polar surface area (TPSA) is 59.0 Å². The zero-order chi connectivity index (χ0) is 15.8. The molecule has 0 spiro atoms. The van der Waals surface area contributed by atoms with Crippen molar-refractivity contribution < 1.29 is 18.0 Å². The van der Waals surface area contributed by atoms with Crippen LogP contribution in [0.1, 0.15) is 16.2 Å². The maximum atomic E-state index is 12.7. The van der Waals surface area contributed by atoms with Crippen LogP contribution in [0.15, 0.2) is 16.9 Å². The molecule has 0 atom stereocenters. The molecule has 0 N–H and O–H groups in total. The molecule has 21 heavy (non-hydrogen) atoms. The van der Waals surface area contributed by atoms with E-state index in [1.807, 2.05) is 0 Å². The number of amides is 1. The minimum absolute atomic E-state index is 0.210. The van der Waals surface area contributed by atoms with Gasteiger partial charge in [-0.25, -0.2) is 4.98 Å². The molecule has 0 aromatic carbocycles. The van der Waals surface area contributed by atoms with Crippen LogP contribution in [0.2, 0.25) is 5.02 Å². The molecule has 0 aliphatic carbocycles. The molecule has 0 fully saturated rings. The van der Waals surface area contributed by atoms with E-state index in [4.69, 9.17) is 11.6 Å². The first-order chi connectivity index (χ1) is 9.68. The monoisotopic (exact) mass is 400 g/mol.